The number of ether oxygens (including phenoxy) is 1. The van der Waals surface area contributed by atoms with E-state index in [-0.39, 0.29) is 11.9 Å². The van der Waals surface area contributed by atoms with Crippen LogP contribution in [-0.2, 0) is 9.63 Å². The number of hydroxylamine groups is 1. The van der Waals surface area contributed by atoms with Crippen molar-refractivity contribution in [3.05, 3.63) is 72.0 Å². The normalized spacial score (nSPS) is 19.7. The lowest BCUT2D eigenvalue weighted by atomic mass is 10.0. The number of nitrogens with zero attached hydrogens (tertiary/aromatic N) is 6. The van der Waals surface area contributed by atoms with Gasteiger partial charge >= 0.3 is 0 Å². The zero-order valence-corrected chi connectivity index (χ0v) is 27.4. The Morgan fingerprint density at radius 2 is 1.80 bits per heavy atom. The fraction of sp³-hybridized carbons (Fsp3) is 0.441. The number of amides is 1. The Morgan fingerprint density at radius 1 is 1.04 bits per heavy atom. The molecule has 2 N–H and O–H groups in total. The first-order chi connectivity index (χ1) is 22.4. The molecule has 6 rings (SSSR count). The topological polar surface area (TPSA) is 98.3 Å². The van der Waals surface area contributed by atoms with Gasteiger partial charge in [-0.25, -0.2) is 15.0 Å². The number of anilines is 5. The van der Waals surface area contributed by atoms with E-state index in [4.69, 9.17) is 21.2 Å². The van der Waals surface area contributed by atoms with Gasteiger partial charge in [-0.3, -0.25) is 14.5 Å². The molecule has 0 spiro atoms. The quantitative estimate of drug-likeness (QED) is 0.275. The lowest BCUT2D eigenvalue weighted by molar-refractivity contribution is -0.111. The van der Waals surface area contributed by atoms with Crippen LogP contribution in [0.4, 0.5) is 28.7 Å². The highest BCUT2D eigenvalue weighted by atomic mass is 35.5. The summed E-state index contributed by atoms with van der Waals surface area (Å²) in [6.45, 7) is 13.9. The summed E-state index contributed by atoms with van der Waals surface area (Å²) >= 11 is 6.12. The molecular formula is C34H43ClN8O3. The van der Waals surface area contributed by atoms with Gasteiger partial charge in [0.25, 0.3) is 0 Å². The smallest absolute Gasteiger partial charge is 0.247 e. The minimum Gasteiger partial charge on any atom is -0.494 e. The van der Waals surface area contributed by atoms with Crippen LogP contribution in [0.3, 0.4) is 0 Å². The molecule has 3 aromatic rings. The van der Waals surface area contributed by atoms with E-state index in [2.05, 4.69) is 48.8 Å². The summed E-state index contributed by atoms with van der Waals surface area (Å²) in [4.78, 5) is 35.0. The van der Waals surface area contributed by atoms with Gasteiger partial charge in [-0.1, -0.05) is 37.2 Å². The van der Waals surface area contributed by atoms with Crippen LogP contribution in [0.2, 0.25) is 5.02 Å². The molecule has 0 radical (unpaired) electrons. The van der Waals surface area contributed by atoms with E-state index < -0.39 is 0 Å². The van der Waals surface area contributed by atoms with Crippen LogP contribution in [-0.4, -0.2) is 91.2 Å². The number of methoxy groups -OCH3 is 1. The number of benzene rings is 2. The van der Waals surface area contributed by atoms with Crippen LogP contribution in [0.25, 0.3) is 0 Å². The van der Waals surface area contributed by atoms with Crippen molar-refractivity contribution in [2.45, 2.75) is 38.3 Å². The molecule has 3 aliphatic rings. The summed E-state index contributed by atoms with van der Waals surface area (Å²) in [7, 11) is 1.65. The third-order valence-corrected chi connectivity index (χ3v) is 9.49. The monoisotopic (exact) mass is 646 g/mol. The van der Waals surface area contributed by atoms with Crippen LogP contribution in [0.15, 0.2) is 61.4 Å². The summed E-state index contributed by atoms with van der Waals surface area (Å²) in [5.41, 5.74) is 3.36. The molecule has 12 heteroatoms. The van der Waals surface area contributed by atoms with Crippen molar-refractivity contribution in [3.8, 4) is 5.75 Å². The second-order valence-electron chi connectivity index (χ2n) is 11.9. The van der Waals surface area contributed by atoms with Gasteiger partial charge in [0.05, 0.1) is 36.8 Å². The zero-order chi connectivity index (χ0) is 32.0. The maximum absolute atomic E-state index is 12.6. The van der Waals surface area contributed by atoms with Gasteiger partial charge in [0.2, 0.25) is 5.91 Å². The minimum absolute atomic E-state index is 0.000331. The van der Waals surface area contributed by atoms with E-state index in [0.717, 1.165) is 76.3 Å². The number of likely N-dealkylation sites (N-methyl/N-ethyl adjacent to an activating group) is 1. The predicted molar refractivity (Wildman–Crippen MR) is 183 cm³/mol. The third-order valence-electron chi connectivity index (χ3n) is 9.24. The number of nitrogens with one attached hydrogen (secondary N) is 2. The highest BCUT2D eigenvalue weighted by molar-refractivity contribution is 6.30. The molecule has 1 unspecified atom stereocenters. The SMILES string of the molecule is C=CC(=O)Nc1cc(Nc2cc(N3OCCC3c3ccc(Cl)cc3)ncn2)c(OC)cc1N1CCC(N2CCN(CC)CC2)CC1. The Balaban J connectivity index is 1.21. The van der Waals surface area contributed by atoms with Crippen LogP contribution in [0, 0.1) is 0 Å². The summed E-state index contributed by atoms with van der Waals surface area (Å²) in [5.74, 6) is 1.56. The van der Waals surface area contributed by atoms with Gasteiger partial charge in [0.15, 0.2) is 5.82 Å². The van der Waals surface area contributed by atoms with E-state index in [1.807, 2.05) is 47.5 Å². The molecule has 46 heavy (non-hydrogen) atoms. The van der Waals surface area contributed by atoms with E-state index in [1.165, 1.54) is 12.4 Å². The van der Waals surface area contributed by atoms with Crippen molar-refractivity contribution in [3.63, 3.8) is 0 Å². The molecule has 3 fully saturated rings. The van der Waals surface area contributed by atoms with Crippen molar-refractivity contribution in [2.24, 2.45) is 0 Å². The van der Waals surface area contributed by atoms with E-state index in [9.17, 15) is 4.79 Å². The maximum atomic E-state index is 12.6. The number of aromatic nitrogens is 2. The Hall–Kier alpha value is -3.90. The number of hydrogen-bond donors (Lipinski definition) is 2. The molecule has 1 aromatic heterocycles. The van der Waals surface area contributed by atoms with E-state index >= 15 is 0 Å². The Morgan fingerprint density at radius 3 is 2.50 bits per heavy atom. The Kier molecular flexibility index (Phi) is 10.2. The number of piperazine rings is 1. The van der Waals surface area contributed by atoms with Gasteiger partial charge in [0, 0.05) is 68.9 Å². The fourth-order valence-corrected chi connectivity index (χ4v) is 6.78. The number of halogens is 1. The van der Waals surface area contributed by atoms with Crippen LogP contribution >= 0.6 is 11.6 Å². The minimum atomic E-state index is -0.273. The van der Waals surface area contributed by atoms with Crippen molar-refractivity contribution in [1.29, 1.82) is 0 Å². The largest absolute Gasteiger partial charge is 0.494 e. The van der Waals surface area contributed by atoms with Crippen LogP contribution in [0.5, 0.6) is 5.75 Å². The fourth-order valence-electron chi connectivity index (χ4n) is 6.65. The second kappa shape index (κ2) is 14.7. The standard InChI is InChI=1S/C34H43ClN8O3/c1-4-34(44)39-27-20-28(31(45-3)21-30(27)42-13-10-26(11-14-42)41-17-15-40(5-2)16-18-41)38-32-22-33(37-23-36-32)43-29(12-19-46-43)24-6-8-25(35)9-7-24/h4,6-9,20-23,26,29H,1,5,10-19H2,2-3H3,(H,39,44)(H,36,37,38). The van der Waals surface area contributed by atoms with Gasteiger partial charge in [-0.15, -0.1) is 0 Å². The van der Waals surface area contributed by atoms with E-state index in [0.29, 0.717) is 46.4 Å². The molecule has 4 heterocycles. The number of carbonyl (C=O) groups is 1. The summed E-state index contributed by atoms with van der Waals surface area (Å²) < 4.78 is 5.86. The Bertz CT molecular complexity index is 1510. The average Bonchev–Trinajstić information content (AvgIpc) is 3.59. The van der Waals surface area contributed by atoms with Crippen molar-refractivity contribution < 1.29 is 14.4 Å². The maximum Gasteiger partial charge on any atom is 0.247 e. The van der Waals surface area contributed by atoms with Gasteiger partial charge < -0.3 is 25.2 Å². The highest BCUT2D eigenvalue weighted by Gasteiger charge is 2.30. The number of carbonyl (C=O) groups excluding carboxylic acids is 1. The number of hydrogen-bond acceptors (Lipinski definition) is 10. The zero-order valence-electron chi connectivity index (χ0n) is 26.6. The third kappa shape index (κ3) is 7.23. The highest BCUT2D eigenvalue weighted by Crippen LogP contribution is 2.40. The first-order valence-electron chi connectivity index (χ1n) is 16.1. The number of rotatable bonds is 10. The molecule has 1 atom stereocenters. The summed E-state index contributed by atoms with van der Waals surface area (Å²) in [6.07, 6.45) is 5.76. The summed E-state index contributed by atoms with van der Waals surface area (Å²) in [6, 6.07) is 14.1. The van der Waals surface area contributed by atoms with Crippen LogP contribution < -0.4 is 25.3 Å². The molecular weight excluding hydrogens is 604 g/mol. The van der Waals surface area contributed by atoms with Gasteiger partial charge in [-0.2, -0.15) is 0 Å². The molecule has 3 aliphatic heterocycles. The van der Waals surface area contributed by atoms with Gasteiger partial charge in [-0.05, 0) is 49.2 Å². The second-order valence-corrected chi connectivity index (χ2v) is 12.3. The molecule has 0 aliphatic carbocycles. The first kappa shape index (κ1) is 32.1. The Labute approximate surface area is 276 Å². The lowest BCUT2D eigenvalue weighted by Crippen LogP contribution is -2.53. The number of piperidine rings is 1. The lowest BCUT2D eigenvalue weighted by Gasteiger charge is -2.43. The first-order valence-corrected chi connectivity index (χ1v) is 16.5. The van der Waals surface area contributed by atoms with E-state index in [1.54, 1.807) is 7.11 Å². The summed E-state index contributed by atoms with van der Waals surface area (Å²) in [5, 5.41) is 8.92. The molecule has 244 valence electrons. The average molecular weight is 647 g/mol. The molecule has 0 bridgehead atoms. The molecule has 3 saturated heterocycles. The molecule has 11 nitrogen and oxygen atoms in total. The van der Waals surface area contributed by atoms with Crippen LogP contribution in [0.1, 0.15) is 37.8 Å². The molecule has 2 aromatic carbocycles. The van der Waals surface area contributed by atoms with Crippen molar-refractivity contribution in [1.82, 2.24) is 19.8 Å². The molecule has 1 amide bonds. The van der Waals surface area contributed by atoms with Crippen molar-refractivity contribution >= 4 is 46.2 Å². The molecule has 0 saturated carbocycles. The van der Waals surface area contributed by atoms with Gasteiger partial charge in [0.1, 0.15) is 17.9 Å². The predicted octanol–water partition coefficient (Wildman–Crippen LogP) is 5.50. The van der Waals surface area contributed by atoms with Crippen molar-refractivity contribution in [2.75, 3.05) is 80.1 Å².